The molecule has 3 amide bonds. The van der Waals surface area contributed by atoms with E-state index in [1.807, 2.05) is 0 Å². The molecule has 0 radical (unpaired) electrons. The standard InChI is InChI=1S/C32H50N2O18/c1-16-25(42)27(44)29(46)31(50-16)49-12-10-33-21(38)14-17(13-18(36)5-2-3-7-24(41)52-34-22(39)8-9-23(34)40)19(37)6-4-11-48-32-30(47)28(45)26(43)20(15-35)51-32/h16-17,20,25-32,35,42-47H,2-15H2,1H3,(H,33,38)/t16-,17?,20+,25+,26+,27+,28-,29-,30-,31+,32-/m0/s1. The van der Waals surface area contributed by atoms with Crippen LogP contribution in [-0.2, 0) is 52.6 Å². The maximum atomic E-state index is 13.2. The highest BCUT2D eigenvalue weighted by Gasteiger charge is 2.44. The number of aliphatic hydroxyl groups excluding tert-OH is 7. The van der Waals surface area contributed by atoms with Gasteiger partial charge in [-0.2, -0.15) is 0 Å². The summed E-state index contributed by atoms with van der Waals surface area (Å²) in [5, 5.41) is 72.1. The summed E-state index contributed by atoms with van der Waals surface area (Å²) in [6.45, 7) is 0.403. The molecule has 3 heterocycles. The predicted octanol–water partition coefficient (Wildman–Crippen LogP) is -3.75. The van der Waals surface area contributed by atoms with Gasteiger partial charge in [0.05, 0.1) is 25.9 Å². The average Bonchev–Trinajstić information content (AvgIpc) is 3.42. The minimum Gasteiger partial charge on any atom is -0.394 e. The molecule has 3 aliphatic rings. The molecule has 296 valence electrons. The van der Waals surface area contributed by atoms with Crippen molar-refractivity contribution in [2.75, 3.05) is 26.4 Å². The Morgan fingerprint density at radius 1 is 0.769 bits per heavy atom. The van der Waals surface area contributed by atoms with Crippen molar-refractivity contribution in [2.45, 2.75) is 133 Å². The molecule has 1 unspecified atom stereocenters. The van der Waals surface area contributed by atoms with Gasteiger partial charge in [-0.15, -0.1) is 5.06 Å². The normalized spacial score (nSPS) is 31.3. The fourth-order valence-electron chi connectivity index (χ4n) is 5.74. The molecular weight excluding hydrogens is 700 g/mol. The lowest BCUT2D eigenvalue weighted by Gasteiger charge is -2.39. The summed E-state index contributed by atoms with van der Waals surface area (Å²) in [6, 6.07) is 0. The topological polar surface area (TPSA) is 305 Å². The summed E-state index contributed by atoms with van der Waals surface area (Å²) >= 11 is 0. The van der Waals surface area contributed by atoms with Gasteiger partial charge < -0.3 is 64.8 Å². The highest BCUT2D eigenvalue weighted by Crippen LogP contribution is 2.24. The molecule has 52 heavy (non-hydrogen) atoms. The van der Waals surface area contributed by atoms with Crippen LogP contribution in [0.25, 0.3) is 0 Å². The van der Waals surface area contributed by atoms with Crippen LogP contribution in [0.2, 0.25) is 0 Å². The van der Waals surface area contributed by atoms with Crippen LogP contribution in [0, 0.1) is 5.92 Å². The smallest absolute Gasteiger partial charge is 0.333 e. The van der Waals surface area contributed by atoms with Crippen molar-refractivity contribution in [3.05, 3.63) is 0 Å². The second kappa shape index (κ2) is 21.0. The van der Waals surface area contributed by atoms with Gasteiger partial charge in [0.25, 0.3) is 11.8 Å². The molecule has 0 spiro atoms. The van der Waals surface area contributed by atoms with Gasteiger partial charge in [-0.3, -0.25) is 24.0 Å². The molecule has 3 aliphatic heterocycles. The van der Waals surface area contributed by atoms with E-state index in [1.165, 1.54) is 6.92 Å². The number of ketones is 2. The van der Waals surface area contributed by atoms with Crippen LogP contribution in [0.5, 0.6) is 0 Å². The fourth-order valence-corrected chi connectivity index (χ4v) is 5.74. The molecule has 0 aromatic carbocycles. The van der Waals surface area contributed by atoms with Gasteiger partial charge in [0.2, 0.25) is 5.91 Å². The number of nitrogens with one attached hydrogen (secondary N) is 1. The number of Topliss-reactive ketones (excluding diaryl/α,β-unsaturated/α-hetero) is 2. The van der Waals surface area contributed by atoms with E-state index in [4.69, 9.17) is 23.8 Å². The van der Waals surface area contributed by atoms with Crippen LogP contribution >= 0.6 is 0 Å². The second-order valence-corrected chi connectivity index (χ2v) is 12.9. The Morgan fingerprint density at radius 2 is 1.37 bits per heavy atom. The number of imide groups is 1. The molecular formula is C32H50N2O18. The zero-order valence-electron chi connectivity index (χ0n) is 28.8. The minimum atomic E-state index is -1.65. The van der Waals surface area contributed by atoms with Gasteiger partial charge in [0.15, 0.2) is 12.6 Å². The number of carbonyl (C=O) groups excluding carboxylic acids is 6. The molecule has 0 saturated carbocycles. The summed E-state index contributed by atoms with van der Waals surface area (Å²) in [4.78, 5) is 78.9. The number of nitrogens with zero attached hydrogens (tertiary/aromatic N) is 1. The number of hydrogen-bond acceptors (Lipinski definition) is 18. The molecule has 3 saturated heterocycles. The van der Waals surface area contributed by atoms with Crippen LogP contribution in [-0.4, -0.2) is 164 Å². The van der Waals surface area contributed by atoms with Crippen LogP contribution in [0.4, 0.5) is 0 Å². The van der Waals surface area contributed by atoms with Crippen molar-refractivity contribution in [2.24, 2.45) is 5.92 Å². The lowest BCUT2D eigenvalue weighted by Crippen LogP contribution is -2.59. The van der Waals surface area contributed by atoms with E-state index in [9.17, 15) is 64.5 Å². The number of aliphatic hydroxyl groups is 7. The van der Waals surface area contributed by atoms with Gasteiger partial charge in [-0.1, -0.05) is 0 Å². The first-order valence-corrected chi connectivity index (χ1v) is 17.3. The maximum Gasteiger partial charge on any atom is 0.333 e. The number of rotatable bonds is 21. The van der Waals surface area contributed by atoms with E-state index in [-0.39, 0.29) is 89.7 Å². The molecule has 3 fully saturated rings. The molecule has 0 bridgehead atoms. The molecule has 3 rings (SSSR count). The van der Waals surface area contributed by atoms with Crippen molar-refractivity contribution in [3.8, 4) is 0 Å². The summed E-state index contributed by atoms with van der Waals surface area (Å²) < 4.78 is 21.4. The van der Waals surface area contributed by atoms with Gasteiger partial charge >= 0.3 is 5.97 Å². The first-order valence-electron chi connectivity index (χ1n) is 17.3. The third kappa shape index (κ3) is 12.5. The lowest BCUT2D eigenvalue weighted by atomic mass is 9.90. The number of unbranched alkanes of at least 4 members (excludes halogenated alkanes) is 1. The second-order valence-electron chi connectivity index (χ2n) is 12.9. The SMILES string of the molecule is C[C@@H]1O[C@@H](OCCNC(=O)CC(CC(=O)CCCCC(=O)ON2C(=O)CCC2=O)C(=O)CCCO[C@H]2O[C@H](CO)[C@@H](O)[C@H](O)[C@@H]2O)[C@@H](O)[C@H](O)[C@@H]1O. The summed E-state index contributed by atoms with van der Waals surface area (Å²) in [7, 11) is 0. The molecule has 0 aromatic heterocycles. The molecule has 8 N–H and O–H groups in total. The van der Waals surface area contributed by atoms with Crippen molar-refractivity contribution in [1.29, 1.82) is 0 Å². The molecule has 11 atom stereocenters. The Morgan fingerprint density at radius 3 is 2.02 bits per heavy atom. The minimum absolute atomic E-state index is 0.0446. The lowest BCUT2D eigenvalue weighted by molar-refractivity contribution is -0.301. The first kappa shape index (κ1) is 43.4. The third-order valence-corrected chi connectivity index (χ3v) is 8.86. The van der Waals surface area contributed by atoms with E-state index in [0.717, 1.165) is 0 Å². The van der Waals surface area contributed by atoms with E-state index in [2.05, 4.69) is 5.32 Å². The molecule has 0 aliphatic carbocycles. The largest absolute Gasteiger partial charge is 0.394 e. The Labute approximate surface area is 298 Å². The highest BCUT2D eigenvalue weighted by molar-refractivity contribution is 6.01. The van der Waals surface area contributed by atoms with E-state index >= 15 is 0 Å². The third-order valence-electron chi connectivity index (χ3n) is 8.86. The predicted molar refractivity (Wildman–Crippen MR) is 169 cm³/mol. The van der Waals surface area contributed by atoms with Crippen LogP contribution in [0.1, 0.15) is 71.1 Å². The number of carbonyl (C=O) groups is 6. The van der Waals surface area contributed by atoms with Crippen molar-refractivity contribution < 1.29 is 88.3 Å². The Hall–Kier alpha value is -3.02. The molecule has 0 aromatic rings. The monoisotopic (exact) mass is 750 g/mol. The van der Waals surface area contributed by atoms with E-state index in [0.29, 0.717) is 5.06 Å². The van der Waals surface area contributed by atoms with Gasteiger partial charge in [-0.25, -0.2) is 4.79 Å². The van der Waals surface area contributed by atoms with Crippen molar-refractivity contribution >= 4 is 35.3 Å². The van der Waals surface area contributed by atoms with Crippen LogP contribution in [0.3, 0.4) is 0 Å². The Kier molecular flexibility index (Phi) is 17.5. The summed E-state index contributed by atoms with van der Waals surface area (Å²) in [5.74, 6) is -4.54. The maximum absolute atomic E-state index is 13.2. The number of ether oxygens (including phenoxy) is 4. The summed E-state index contributed by atoms with van der Waals surface area (Å²) in [5.41, 5.74) is 0. The van der Waals surface area contributed by atoms with E-state index in [1.54, 1.807) is 0 Å². The molecule has 20 nitrogen and oxygen atoms in total. The van der Waals surface area contributed by atoms with Crippen molar-refractivity contribution in [3.63, 3.8) is 0 Å². The number of hydroxylamine groups is 2. The fraction of sp³-hybridized carbons (Fsp3) is 0.812. The number of hydrogen-bond donors (Lipinski definition) is 8. The van der Waals surface area contributed by atoms with E-state index < -0.39 is 103 Å². The van der Waals surface area contributed by atoms with Crippen LogP contribution in [0.15, 0.2) is 0 Å². The zero-order valence-corrected chi connectivity index (χ0v) is 28.8. The zero-order chi connectivity index (χ0) is 38.5. The summed E-state index contributed by atoms with van der Waals surface area (Å²) in [6.07, 6.45) is -14.6. The number of amides is 3. The van der Waals surface area contributed by atoms with Gasteiger partial charge in [0.1, 0.15) is 54.3 Å². The van der Waals surface area contributed by atoms with Crippen molar-refractivity contribution in [1.82, 2.24) is 10.4 Å². The van der Waals surface area contributed by atoms with Crippen LogP contribution < -0.4 is 5.32 Å². The Bertz CT molecular complexity index is 1220. The van der Waals surface area contributed by atoms with Gasteiger partial charge in [-0.05, 0) is 26.2 Å². The Balaban J connectivity index is 1.47. The molecule has 20 heteroatoms. The quantitative estimate of drug-likeness (QED) is 0.0413. The highest BCUT2D eigenvalue weighted by atomic mass is 16.7. The first-order chi connectivity index (χ1) is 24.6. The average molecular weight is 751 g/mol. The van der Waals surface area contributed by atoms with Gasteiger partial charge in [0, 0.05) is 57.4 Å².